The Morgan fingerprint density at radius 1 is 1.33 bits per heavy atom. The minimum absolute atomic E-state index is 0.833. The molecule has 1 aromatic heterocycles. The van der Waals surface area contributed by atoms with E-state index in [0.717, 1.165) is 30.6 Å². The molecule has 0 aliphatic carbocycles. The molecule has 0 aromatic carbocycles. The summed E-state index contributed by atoms with van der Waals surface area (Å²) in [7, 11) is 3.63. The Bertz CT molecular complexity index is 436. The molecule has 21 heavy (non-hydrogen) atoms. The van der Waals surface area contributed by atoms with Crippen molar-refractivity contribution in [2.45, 2.75) is 39.7 Å². The van der Waals surface area contributed by atoms with Crippen molar-refractivity contribution in [2.24, 2.45) is 13.0 Å². The zero-order chi connectivity index (χ0) is 15.2. The number of aromatic nitrogens is 2. The Labute approximate surface area is 128 Å². The predicted molar refractivity (Wildman–Crippen MR) is 85.7 cm³/mol. The summed E-state index contributed by atoms with van der Waals surface area (Å²) in [6.07, 6.45) is 3.93. The molecule has 0 spiro atoms. The third-order valence-corrected chi connectivity index (χ3v) is 4.49. The number of nitrogens with one attached hydrogen (secondary N) is 1. The molecule has 0 saturated carbocycles. The first kappa shape index (κ1) is 16.3. The van der Waals surface area contributed by atoms with Crippen molar-refractivity contribution in [3.63, 3.8) is 0 Å². The van der Waals surface area contributed by atoms with Crippen LogP contribution in [0.15, 0.2) is 0 Å². The predicted octanol–water partition coefficient (Wildman–Crippen LogP) is 1.95. The molecule has 1 aliphatic heterocycles. The highest BCUT2D eigenvalue weighted by Gasteiger charge is 2.15. The number of aryl methyl sites for hydroxylation is 2. The van der Waals surface area contributed by atoms with Crippen molar-refractivity contribution in [1.29, 1.82) is 0 Å². The highest BCUT2D eigenvalue weighted by atomic mass is 16.5. The lowest BCUT2D eigenvalue weighted by atomic mass is 9.99. The first-order valence-corrected chi connectivity index (χ1v) is 8.11. The van der Waals surface area contributed by atoms with Crippen LogP contribution >= 0.6 is 0 Å². The number of rotatable bonds is 7. The topological polar surface area (TPSA) is 42.3 Å². The molecule has 0 radical (unpaired) electrons. The van der Waals surface area contributed by atoms with Gasteiger partial charge in [-0.15, -0.1) is 0 Å². The van der Waals surface area contributed by atoms with E-state index < -0.39 is 0 Å². The fourth-order valence-electron chi connectivity index (χ4n) is 3.07. The van der Waals surface area contributed by atoms with Crippen LogP contribution < -0.4 is 10.1 Å². The van der Waals surface area contributed by atoms with Crippen LogP contribution in [0.25, 0.3) is 0 Å². The van der Waals surface area contributed by atoms with Gasteiger partial charge in [-0.3, -0.25) is 0 Å². The van der Waals surface area contributed by atoms with E-state index in [1.54, 1.807) is 11.8 Å². The number of likely N-dealkylation sites (tertiary alicyclic amines) is 1. The standard InChI is InChI=1S/C16H30N4O/c1-13-6-10-20(11-7-13)9-5-8-17-12-15-14(2)18-19(3)16(15)21-4/h13,17H,5-12H2,1-4H3. The van der Waals surface area contributed by atoms with E-state index in [2.05, 4.69) is 22.2 Å². The van der Waals surface area contributed by atoms with Crippen LogP contribution in [0.1, 0.15) is 37.4 Å². The van der Waals surface area contributed by atoms with Crippen molar-refractivity contribution < 1.29 is 4.74 Å². The molecular weight excluding hydrogens is 264 g/mol. The monoisotopic (exact) mass is 294 g/mol. The van der Waals surface area contributed by atoms with E-state index in [0.29, 0.717) is 0 Å². The Morgan fingerprint density at radius 2 is 2.05 bits per heavy atom. The second-order valence-corrected chi connectivity index (χ2v) is 6.25. The summed E-state index contributed by atoms with van der Waals surface area (Å²) in [6, 6.07) is 0. The van der Waals surface area contributed by atoms with Gasteiger partial charge < -0.3 is 15.0 Å². The number of hydrogen-bond donors (Lipinski definition) is 1. The zero-order valence-corrected chi connectivity index (χ0v) is 14.0. The maximum Gasteiger partial charge on any atom is 0.216 e. The van der Waals surface area contributed by atoms with Gasteiger partial charge in [0, 0.05) is 13.6 Å². The fraction of sp³-hybridized carbons (Fsp3) is 0.812. The van der Waals surface area contributed by atoms with E-state index in [4.69, 9.17) is 4.74 Å². The van der Waals surface area contributed by atoms with Gasteiger partial charge in [0.1, 0.15) is 0 Å². The summed E-state index contributed by atoms with van der Waals surface area (Å²) in [5.74, 6) is 1.78. The van der Waals surface area contributed by atoms with E-state index in [1.165, 1.54) is 44.5 Å². The molecule has 0 amide bonds. The summed E-state index contributed by atoms with van der Waals surface area (Å²) in [5, 5.41) is 7.92. The second-order valence-electron chi connectivity index (χ2n) is 6.25. The number of methoxy groups -OCH3 is 1. The largest absolute Gasteiger partial charge is 0.481 e. The lowest BCUT2D eigenvalue weighted by Crippen LogP contribution is -2.34. The van der Waals surface area contributed by atoms with E-state index in [9.17, 15) is 0 Å². The molecule has 2 rings (SSSR count). The molecular formula is C16H30N4O. The van der Waals surface area contributed by atoms with Gasteiger partial charge in [-0.2, -0.15) is 5.10 Å². The van der Waals surface area contributed by atoms with Gasteiger partial charge in [0.2, 0.25) is 5.88 Å². The Balaban J connectivity index is 1.66. The van der Waals surface area contributed by atoms with Crippen LogP contribution in [0, 0.1) is 12.8 Å². The molecule has 120 valence electrons. The minimum Gasteiger partial charge on any atom is -0.481 e. The summed E-state index contributed by atoms with van der Waals surface area (Å²) in [5.41, 5.74) is 2.22. The van der Waals surface area contributed by atoms with Gasteiger partial charge in [0.15, 0.2) is 0 Å². The highest BCUT2D eigenvalue weighted by Crippen LogP contribution is 2.20. The lowest BCUT2D eigenvalue weighted by molar-refractivity contribution is 0.190. The minimum atomic E-state index is 0.833. The third-order valence-electron chi connectivity index (χ3n) is 4.49. The van der Waals surface area contributed by atoms with E-state index >= 15 is 0 Å². The van der Waals surface area contributed by atoms with Gasteiger partial charge in [0.25, 0.3) is 0 Å². The van der Waals surface area contributed by atoms with Gasteiger partial charge in [-0.05, 0) is 58.3 Å². The Morgan fingerprint density at radius 3 is 2.71 bits per heavy atom. The highest BCUT2D eigenvalue weighted by molar-refractivity contribution is 5.30. The molecule has 1 aliphatic rings. The van der Waals surface area contributed by atoms with Crippen molar-refractivity contribution >= 4 is 0 Å². The molecule has 2 heterocycles. The summed E-state index contributed by atoms with van der Waals surface area (Å²) in [6.45, 7) is 10.0. The molecule has 1 fully saturated rings. The van der Waals surface area contributed by atoms with Crippen molar-refractivity contribution in [2.75, 3.05) is 33.3 Å². The first-order chi connectivity index (χ1) is 10.1. The maximum absolute atomic E-state index is 5.41. The van der Waals surface area contributed by atoms with E-state index in [1.807, 2.05) is 14.0 Å². The molecule has 5 nitrogen and oxygen atoms in total. The summed E-state index contributed by atoms with van der Waals surface area (Å²) >= 11 is 0. The fourth-order valence-corrected chi connectivity index (χ4v) is 3.07. The Kier molecular flexibility index (Phi) is 6.06. The molecule has 0 atom stereocenters. The van der Waals surface area contributed by atoms with E-state index in [-0.39, 0.29) is 0 Å². The quantitative estimate of drug-likeness (QED) is 0.781. The van der Waals surface area contributed by atoms with Crippen LogP contribution in [0.2, 0.25) is 0 Å². The number of hydrogen-bond acceptors (Lipinski definition) is 4. The summed E-state index contributed by atoms with van der Waals surface area (Å²) < 4.78 is 7.22. The maximum atomic E-state index is 5.41. The first-order valence-electron chi connectivity index (χ1n) is 8.11. The molecule has 0 bridgehead atoms. The zero-order valence-electron chi connectivity index (χ0n) is 14.0. The molecule has 1 N–H and O–H groups in total. The molecule has 5 heteroatoms. The number of ether oxygens (including phenoxy) is 1. The molecule has 1 aromatic rings. The smallest absolute Gasteiger partial charge is 0.216 e. The third kappa shape index (κ3) is 4.45. The van der Waals surface area contributed by atoms with Crippen molar-refractivity contribution in [3.05, 3.63) is 11.3 Å². The number of piperidine rings is 1. The number of nitrogens with zero attached hydrogens (tertiary/aromatic N) is 3. The van der Waals surface area contributed by atoms with Gasteiger partial charge >= 0.3 is 0 Å². The molecule has 0 unspecified atom stereocenters. The lowest BCUT2D eigenvalue weighted by Gasteiger charge is -2.30. The van der Waals surface area contributed by atoms with Crippen LogP contribution in [0.5, 0.6) is 5.88 Å². The Hall–Kier alpha value is -1.07. The SMILES string of the molecule is COc1c(CNCCCN2CCC(C)CC2)c(C)nn1C. The van der Waals surface area contributed by atoms with Crippen LogP contribution in [0.4, 0.5) is 0 Å². The van der Waals surface area contributed by atoms with Crippen LogP contribution in [-0.4, -0.2) is 48.0 Å². The second kappa shape index (κ2) is 7.80. The van der Waals surface area contributed by atoms with Crippen molar-refractivity contribution in [3.8, 4) is 5.88 Å². The average molecular weight is 294 g/mol. The molecule has 1 saturated heterocycles. The van der Waals surface area contributed by atoms with Crippen LogP contribution in [-0.2, 0) is 13.6 Å². The van der Waals surface area contributed by atoms with Gasteiger partial charge in [-0.1, -0.05) is 6.92 Å². The normalized spacial score (nSPS) is 17.3. The van der Waals surface area contributed by atoms with Gasteiger partial charge in [0.05, 0.1) is 18.4 Å². The van der Waals surface area contributed by atoms with Gasteiger partial charge in [-0.25, -0.2) is 4.68 Å². The van der Waals surface area contributed by atoms with Crippen LogP contribution in [0.3, 0.4) is 0 Å². The average Bonchev–Trinajstić information content (AvgIpc) is 2.74. The van der Waals surface area contributed by atoms with Crippen molar-refractivity contribution in [1.82, 2.24) is 20.0 Å². The summed E-state index contributed by atoms with van der Waals surface area (Å²) in [4.78, 5) is 2.59.